The molecule has 4 heteroatoms. The van der Waals surface area contributed by atoms with Gasteiger partial charge in [0.05, 0.1) is 6.04 Å². The van der Waals surface area contributed by atoms with Gasteiger partial charge in [0.1, 0.15) is 0 Å². The zero-order valence-electron chi connectivity index (χ0n) is 13.2. The molecule has 3 atom stereocenters. The van der Waals surface area contributed by atoms with Crippen LogP contribution in [0.15, 0.2) is 15.9 Å². The number of nitrogens with zero attached hydrogens (tertiary/aromatic N) is 1. The van der Waals surface area contributed by atoms with Crippen LogP contribution in [-0.4, -0.2) is 23.5 Å². The molecule has 0 fully saturated rings. The molecule has 0 amide bonds. The molecule has 0 spiro atoms. The average Bonchev–Trinajstić information content (AvgIpc) is 2.87. The van der Waals surface area contributed by atoms with Crippen molar-refractivity contribution in [2.75, 3.05) is 6.54 Å². The number of thiophene rings is 1. The lowest BCUT2D eigenvalue weighted by Crippen LogP contribution is -2.45. The Morgan fingerprint density at radius 2 is 2.00 bits per heavy atom. The number of hydrogen-bond donors (Lipinski definition) is 1. The second-order valence-electron chi connectivity index (χ2n) is 5.53. The van der Waals surface area contributed by atoms with Crippen molar-refractivity contribution in [1.82, 2.24) is 4.90 Å². The average molecular weight is 361 g/mol. The molecule has 1 aromatic heterocycles. The van der Waals surface area contributed by atoms with Crippen LogP contribution in [-0.2, 0) is 0 Å². The van der Waals surface area contributed by atoms with Gasteiger partial charge in [-0.1, -0.05) is 27.2 Å². The Balaban J connectivity index is 3.03. The van der Waals surface area contributed by atoms with Crippen LogP contribution in [0, 0.1) is 0 Å². The Morgan fingerprint density at radius 3 is 2.45 bits per heavy atom. The molecule has 1 aromatic rings. The summed E-state index contributed by atoms with van der Waals surface area (Å²) in [4.78, 5) is 4.01. The quantitative estimate of drug-likeness (QED) is 0.656. The van der Waals surface area contributed by atoms with Gasteiger partial charge in [0.2, 0.25) is 0 Å². The summed E-state index contributed by atoms with van der Waals surface area (Å²) in [5.74, 6) is 0. The Kier molecular flexibility index (Phi) is 8.34. The first-order valence-electron chi connectivity index (χ1n) is 7.80. The molecular formula is C16H29BrN2S. The minimum Gasteiger partial charge on any atom is -0.326 e. The van der Waals surface area contributed by atoms with Gasteiger partial charge in [0, 0.05) is 26.8 Å². The molecule has 0 aromatic carbocycles. The van der Waals surface area contributed by atoms with E-state index in [0.717, 1.165) is 13.0 Å². The molecule has 0 saturated heterocycles. The van der Waals surface area contributed by atoms with Crippen LogP contribution in [0.3, 0.4) is 0 Å². The van der Waals surface area contributed by atoms with E-state index in [4.69, 9.17) is 5.73 Å². The summed E-state index contributed by atoms with van der Waals surface area (Å²) in [6.07, 6.45) is 4.65. The van der Waals surface area contributed by atoms with Crippen LogP contribution in [0.25, 0.3) is 0 Å². The van der Waals surface area contributed by atoms with E-state index < -0.39 is 0 Å². The highest BCUT2D eigenvalue weighted by molar-refractivity contribution is 9.10. The fourth-order valence-electron chi connectivity index (χ4n) is 2.54. The number of halogens is 1. The molecule has 0 radical (unpaired) electrons. The molecule has 20 heavy (non-hydrogen) atoms. The van der Waals surface area contributed by atoms with E-state index in [0.29, 0.717) is 12.1 Å². The molecule has 0 aliphatic carbocycles. The van der Waals surface area contributed by atoms with Crippen molar-refractivity contribution in [3.63, 3.8) is 0 Å². The minimum atomic E-state index is 0.200. The Labute approximate surface area is 136 Å². The summed E-state index contributed by atoms with van der Waals surface area (Å²) < 4.78 is 1.17. The van der Waals surface area contributed by atoms with Crippen molar-refractivity contribution in [3.8, 4) is 0 Å². The second kappa shape index (κ2) is 9.19. The van der Waals surface area contributed by atoms with Crippen molar-refractivity contribution >= 4 is 27.3 Å². The topological polar surface area (TPSA) is 29.3 Å². The Morgan fingerprint density at radius 1 is 1.30 bits per heavy atom. The Hall–Kier alpha value is 0.1000. The van der Waals surface area contributed by atoms with Gasteiger partial charge in [0.25, 0.3) is 0 Å². The lowest BCUT2D eigenvalue weighted by Gasteiger charge is -2.38. The van der Waals surface area contributed by atoms with E-state index in [1.54, 1.807) is 0 Å². The fourth-order valence-corrected chi connectivity index (χ4v) is 4.18. The van der Waals surface area contributed by atoms with E-state index in [9.17, 15) is 0 Å². The van der Waals surface area contributed by atoms with E-state index in [1.165, 1.54) is 28.6 Å². The molecule has 1 heterocycles. The molecule has 0 saturated carbocycles. The maximum Gasteiger partial charge on any atom is 0.0596 e. The van der Waals surface area contributed by atoms with Crippen LogP contribution in [0.4, 0.5) is 0 Å². The van der Waals surface area contributed by atoms with Gasteiger partial charge >= 0.3 is 0 Å². The first-order valence-corrected chi connectivity index (χ1v) is 9.47. The van der Waals surface area contributed by atoms with E-state index in [1.807, 2.05) is 11.3 Å². The molecule has 116 valence electrons. The first kappa shape index (κ1) is 18.1. The monoisotopic (exact) mass is 360 g/mol. The largest absolute Gasteiger partial charge is 0.326 e. The molecular weight excluding hydrogens is 332 g/mol. The smallest absolute Gasteiger partial charge is 0.0596 e. The third-order valence-corrected chi connectivity index (χ3v) is 5.80. The molecule has 0 bridgehead atoms. The van der Waals surface area contributed by atoms with Gasteiger partial charge < -0.3 is 5.73 Å². The van der Waals surface area contributed by atoms with Crippen molar-refractivity contribution in [2.45, 2.75) is 71.5 Å². The summed E-state index contributed by atoms with van der Waals surface area (Å²) in [6.45, 7) is 10.2. The number of hydrogen-bond acceptors (Lipinski definition) is 3. The number of rotatable bonds is 9. The van der Waals surface area contributed by atoms with Crippen molar-refractivity contribution in [3.05, 3.63) is 20.8 Å². The van der Waals surface area contributed by atoms with Gasteiger partial charge in [-0.2, -0.15) is 0 Å². The fraction of sp³-hybridized carbons (Fsp3) is 0.750. The number of unbranched alkanes of at least 4 members (excludes halogenated alkanes) is 1. The maximum absolute atomic E-state index is 6.47. The van der Waals surface area contributed by atoms with Crippen LogP contribution < -0.4 is 5.73 Å². The van der Waals surface area contributed by atoms with Gasteiger partial charge in [-0.15, -0.1) is 11.3 Å². The molecule has 0 aliphatic heterocycles. The lowest BCUT2D eigenvalue weighted by atomic mass is 10.00. The SMILES string of the molecule is CCCCN(C(C)CC)C(c1cc(Br)cs1)C(N)CC. The zero-order chi connectivity index (χ0) is 15.1. The third kappa shape index (κ3) is 4.83. The number of nitrogens with two attached hydrogens (primary N) is 1. The third-order valence-electron chi connectivity index (χ3n) is 4.04. The predicted molar refractivity (Wildman–Crippen MR) is 94.4 cm³/mol. The molecule has 1 rings (SSSR count). The molecule has 3 unspecified atom stereocenters. The summed E-state index contributed by atoms with van der Waals surface area (Å²) in [5.41, 5.74) is 6.47. The predicted octanol–water partition coefficient (Wildman–Crippen LogP) is 5.19. The Bertz CT molecular complexity index is 380. The minimum absolute atomic E-state index is 0.200. The van der Waals surface area contributed by atoms with Gasteiger partial charge in [-0.3, -0.25) is 4.90 Å². The summed E-state index contributed by atoms with van der Waals surface area (Å²) >= 11 is 5.40. The van der Waals surface area contributed by atoms with E-state index in [-0.39, 0.29) is 6.04 Å². The zero-order valence-corrected chi connectivity index (χ0v) is 15.6. The van der Waals surface area contributed by atoms with Crippen molar-refractivity contribution in [1.29, 1.82) is 0 Å². The van der Waals surface area contributed by atoms with Crippen LogP contribution in [0.1, 0.15) is 64.3 Å². The van der Waals surface area contributed by atoms with E-state index in [2.05, 4.69) is 60.0 Å². The van der Waals surface area contributed by atoms with Gasteiger partial charge in [-0.05, 0) is 54.7 Å². The van der Waals surface area contributed by atoms with Gasteiger partial charge in [0.15, 0.2) is 0 Å². The normalized spacial score (nSPS) is 16.4. The van der Waals surface area contributed by atoms with Crippen molar-refractivity contribution in [2.24, 2.45) is 5.73 Å². The maximum atomic E-state index is 6.47. The van der Waals surface area contributed by atoms with Crippen LogP contribution >= 0.6 is 27.3 Å². The molecule has 0 aliphatic rings. The van der Waals surface area contributed by atoms with Crippen LogP contribution in [0.5, 0.6) is 0 Å². The lowest BCUT2D eigenvalue weighted by molar-refractivity contribution is 0.118. The molecule has 2 N–H and O–H groups in total. The standard InChI is InChI=1S/C16H29BrN2S/c1-5-8-9-19(12(4)6-2)16(14(18)7-3)15-10-13(17)11-20-15/h10-12,14,16H,5-9,18H2,1-4H3. The van der Waals surface area contributed by atoms with Gasteiger partial charge in [-0.25, -0.2) is 0 Å². The van der Waals surface area contributed by atoms with E-state index >= 15 is 0 Å². The summed E-state index contributed by atoms with van der Waals surface area (Å²) in [5, 5.41) is 2.17. The summed E-state index contributed by atoms with van der Waals surface area (Å²) in [6, 6.07) is 3.36. The van der Waals surface area contributed by atoms with Crippen LogP contribution in [0.2, 0.25) is 0 Å². The first-order chi connectivity index (χ1) is 9.54. The highest BCUT2D eigenvalue weighted by atomic mass is 79.9. The summed E-state index contributed by atoms with van der Waals surface area (Å²) in [7, 11) is 0. The highest BCUT2D eigenvalue weighted by Crippen LogP contribution is 2.34. The molecule has 2 nitrogen and oxygen atoms in total. The highest BCUT2D eigenvalue weighted by Gasteiger charge is 2.29. The van der Waals surface area contributed by atoms with Crippen molar-refractivity contribution < 1.29 is 0 Å². The second-order valence-corrected chi connectivity index (χ2v) is 7.39.